The summed E-state index contributed by atoms with van der Waals surface area (Å²) in [5.74, 6) is 0.231. The minimum Gasteiger partial charge on any atom is -0.488 e. The Balaban J connectivity index is 1.90. The number of hydrogen-bond acceptors (Lipinski definition) is 3. The molecule has 0 bridgehead atoms. The summed E-state index contributed by atoms with van der Waals surface area (Å²) in [6.07, 6.45) is 0. The summed E-state index contributed by atoms with van der Waals surface area (Å²) in [5.41, 5.74) is 0. The highest BCUT2D eigenvalue weighted by molar-refractivity contribution is 9.10. The maximum atomic E-state index is 13.2. The molecule has 1 N–H and O–H groups in total. The van der Waals surface area contributed by atoms with Gasteiger partial charge in [0.2, 0.25) is 0 Å². The lowest BCUT2D eigenvalue weighted by atomic mass is 10.3. The maximum Gasteiger partial charge on any atom is 0.128 e. The average Bonchev–Trinajstić information content (AvgIpc) is 2.81. The second-order valence-electron chi connectivity index (χ2n) is 4.80. The van der Waals surface area contributed by atoms with Crippen LogP contribution in [0.2, 0.25) is 0 Å². The van der Waals surface area contributed by atoms with Gasteiger partial charge >= 0.3 is 0 Å². The fraction of sp³-hybridized carbons (Fsp3) is 0.333. The van der Waals surface area contributed by atoms with E-state index >= 15 is 0 Å². The van der Waals surface area contributed by atoms with E-state index in [9.17, 15) is 4.39 Å². The summed E-state index contributed by atoms with van der Waals surface area (Å²) in [5, 5.41) is 3.38. The molecule has 0 spiro atoms. The van der Waals surface area contributed by atoms with Crippen molar-refractivity contribution in [3.8, 4) is 5.75 Å². The Morgan fingerprint density at radius 3 is 2.70 bits per heavy atom. The topological polar surface area (TPSA) is 21.3 Å². The first-order valence-corrected chi connectivity index (χ1v) is 8.04. The molecule has 5 heteroatoms. The second kappa shape index (κ2) is 7.20. The van der Waals surface area contributed by atoms with E-state index in [1.54, 1.807) is 17.4 Å². The van der Waals surface area contributed by atoms with Crippen LogP contribution in [0.4, 0.5) is 4.39 Å². The third kappa shape index (κ3) is 4.89. The number of hydrogen-bond donors (Lipinski definition) is 1. The number of nitrogens with one attached hydrogen (secondary N) is 1. The van der Waals surface area contributed by atoms with Crippen LogP contribution in [-0.4, -0.2) is 6.04 Å². The highest BCUT2D eigenvalue weighted by Gasteiger charge is 2.04. The number of thiophene rings is 1. The minimum absolute atomic E-state index is 0.303. The fourth-order valence-electron chi connectivity index (χ4n) is 1.67. The van der Waals surface area contributed by atoms with Crippen molar-refractivity contribution in [2.45, 2.75) is 33.0 Å². The predicted octanol–water partition coefficient (Wildman–Crippen LogP) is 4.73. The molecule has 0 aliphatic carbocycles. The summed E-state index contributed by atoms with van der Waals surface area (Å²) < 4.78 is 19.5. The molecule has 2 rings (SSSR count). The van der Waals surface area contributed by atoms with Gasteiger partial charge in [-0.3, -0.25) is 0 Å². The van der Waals surface area contributed by atoms with Crippen molar-refractivity contribution in [3.05, 3.63) is 50.4 Å². The summed E-state index contributed by atoms with van der Waals surface area (Å²) >= 11 is 4.96. The number of benzene rings is 1. The molecule has 0 aliphatic rings. The van der Waals surface area contributed by atoms with Gasteiger partial charge in [0.25, 0.3) is 0 Å². The van der Waals surface area contributed by atoms with Crippen LogP contribution in [0.15, 0.2) is 34.8 Å². The molecule has 20 heavy (non-hydrogen) atoms. The number of ether oxygens (including phenoxy) is 1. The van der Waals surface area contributed by atoms with Gasteiger partial charge in [0.1, 0.15) is 18.2 Å². The summed E-state index contributed by atoms with van der Waals surface area (Å²) in [6.45, 7) is 5.58. The highest BCUT2D eigenvalue weighted by atomic mass is 79.9. The lowest BCUT2D eigenvalue weighted by Gasteiger charge is -2.06. The smallest absolute Gasteiger partial charge is 0.128 e. The molecule has 0 saturated heterocycles. The molecule has 1 aromatic carbocycles. The molecule has 0 fully saturated rings. The molecule has 1 aromatic heterocycles. The Kier molecular flexibility index (Phi) is 5.57. The van der Waals surface area contributed by atoms with Gasteiger partial charge in [-0.1, -0.05) is 29.8 Å². The van der Waals surface area contributed by atoms with Crippen molar-refractivity contribution in [1.29, 1.82) is 0 Å². The second-order valence-corrected chi connectivity index (χ2v) is 6.97. The first-order valence-electron chi connectivity index (χ1n) is 6.43. The first-order chi connectivity index (χ1) is 9.52. The number of halogens is 2. The molecule has 0 radical (unpaired) electrons. The van der Waals surface area contributed by atoms with Crippen molar-refractivity contribution >= 4 is 27.3 Å². The Bertz CT molecular complexity index is 551. The SMILES string of the molecule is CC(C)NCc1ccc(COc2cc(F)cc(Br)c2)s1. The van der Waals surface area contributed by atoms with Crippen LogP contribution >= 0.6 is 27.3 Å². The molecular formula is C15H17BrFNOS. The monoisotopic (exact) mass is 357 g/mol. The zero-order valence-corrected chi connectivity index (χ0v) is 13.9. The van der Waals surface area contributed by atoms with Gasteiger partial charge in [-0.05, 0) is 24.3 Å². The third-order valence-corrected chi connectivity index (χ3v) is 4.14. The van der Waals surface area contributed by atoms with Crippen molar-refractivity contribution < 1.29 is 9.13 Å². The zero-order valence-electron chi connectivity index (χ0n) is 11.5. The van der Waals surface area contributed by atoms with E-state index in [0.717, 1.165) is 11.4 Å². The van der Waals surface area contributed by atoms with E-state index in [1.165, 1.54) is 17.0 Å². The lowest BCUT2D eigenvalue weighted by molar-refractivity contribution is 0.308. The Labute approximate surface area is 131 Å². The van der Waals surface area contributed by atoms with Crippen LogP contribution in [0.1, 0.15) is 23.6 Å². The van der Waals surface area contributed by atoms with Gasteiger partial charge in [-0.15, -0.1) is 11.3 Å². The van der Waals surface area contributed by atoms with Gasteiger partial charge in [0.05, 0.1) is 0 Å². The fourth-order valence-corrected chi connectivity index (χ4v) is 2.99. The Morgan fingerprint density at radius 1 is 1.25 bits per heavy atom. The van der Waals surface area contributed by atoms with Crippen LogP contribution in [0.25, 0.3) is 0 Å². The van der Waals surface area contributed by atoms with Crippen LogP contribution in [0, 0.1) is 5.82 Å². The van der Waals surface area contributed by atoms with E-state index in [-0.39, 0.29) is 5.82 Å². The Hall–Kier alpha value is -0.910. The average molecular weight is 358 g/mol. The van der Waals surface area contributed by atoms with Gasteiger partial charge < -0.3 is 10.1 Å². The van der Waals surface area contributed by atoms with Gasteiger partial charge in [0.15, 0.2) is 0 Å². The quantitative estimate of drug-likeness (QED) is 0.806. The first kappa shape index (κ1) is 15.5. The van der Waals surface area contributed by atoms with Crippen molar-refractivity contribution in [2.24, 2.45) is 0 Å². The molecule has 2 nitrogen and oxygen atoms in total. The third-order valence-electron chi connectivity index (χ3n) is 2.62. The maximum absolute atomic E-state index is 13.2. The molecule has 0 unspecified atom stereocenters. The molecule has 1 heterocycles. The van der Waals surface area contributed by atoms with E-state index in [2.05, 4.69) is 47.2 Å². The molecule has 2 aromatic rings. The summed E-state index contributed by atoms with van der Waals surface area (Å²) in [7, 11) is 0. The van der Waals surface area contributed by atoms with Gasteiger partial charge in [0, 0.05) is 32.9 Å². The van der Waals surface area contributed by atoms with E-state index in [1.807, 2.05) is 0 Å². The molecular weight excluding hydrogens is 341 g/mol. The van der Waals surface area contributed by atoms with E-state index in [0.29, 0.717) is 22.9 Å². The van der Waals surface area contributed by atoms with E-state index < -0.39 is 0 Å². The highest BCUT2D eigenvalue weighted by Crippen LogP contribution is 2.23. The lowest BCUT2D eigenvalue weighted by Crippen LogP contribution is -2.21. The number of rotatable bonds is 6. The minimum atomic E-state index is -0.303. The molecule has 108 valence electrons. The molecule has 0 aliphatic heterocycles. The van der Waals surface area contributed by atoms with Crippen molar-refractivity contribution in [3.63, 3.8) is 0 Å². The standard InChI is InChI=1S/C15H17BrFNOS/c1-10(2)18-8-14-3-4-15(20-14)9-19-13-6-11(16)5-12(17)7-13/h3-7,10,18H,8-9H2,1-2H3. The zero-order chi connectivity index (χ0) is 14.5. The Morgan fingerprint density at radius 2 is 2.00 bits per heavy atom. The van der Waals surface area contributed by atoms with Crippen LogP contribution < -0.4 is 10.1 Å². The molecule has 0 amide bonds. The van der Waals surface area contributed by atoms with Gasteiger partial charge in [-0.25, -0.2) is 4.39 Å². The summed E-state index contributed by atoms with van der Waals surface area (Å²) in [6, 6.07) is 9.18. The van der Waals surface area contributed by atoms with Crippen LogP contribution in [0.3, 0.4) is 0 Å². The predicted molar refractivity (Wildman–Crippen MR) is 84.7 cm³/mol. The normalized spacial score (nSPS) is 11.1. The summed E-state index contributed by atoms with van der Waals surface area (Å²) in [4.78, 5) is 2.41. The van der Waals surface area contributed by atoms with Crippen LogP contribution in [0.5, 0.6) is 5.75 Å². The van der Waals surface area contributed by atoms with Crippen molar-refractivity contribution in [2.75, 3.05) is 0 Å². The van der Waals surface area contributed by atoms with E-state index in [4.69, 9.17) is 4.74 Å². The molecule has 0 atom stereocenters. The van der Waals surface area contributed by atoms with Crippen molar-refractivity contribution in [1.82, 2.24) is 5.32 Å². The largest absolute Gasteiger partial charge is 0.488 e. The molecule has 0 saturated carbocycles. The van der Waals surface area contributed by atoms with Gasteiger partial charge in [-0.2, -0.15) is 0 Å². The van der Waals surface area contributed by atoms with Crippen LogP contribution in [-0.2, 0) is 13.2 Å².